The fourth-order valence-electron chi connectivity index (χ4n) is 2.84. The molecule has 146 valence electrons. The summed E-state index contributed by atoms with van der Waals surface area (Å²) in [6.45, 7) is 6.61. The van der Waals surface area contributed by atoms with Crippen LogP contribution >= 0.6 is 0 Å². The Morgan fingerprint density at radius 2 is 1.73 bits per heavy atom. The van der Waals surface area contributed by atoms with E-state index in [9.17, 15) is 9.59 Å². The van der Waals surface area contributed by atoms with Crippen molar-refractivity contribution >= 4 is 17.5 Å². The Morgan fingerprint density at radius 1 is 1.08 bits per heavy atom. The van der Waals surface area contributed by atoms with E-state index in [1.165, 1.54) is 5.56 Å². The van der Waals surface area contributed by atoms with E-state index in [1.807, 2.05) is 38.1 Å². The van der Waals surface area contributed by atoms with E-state index < -0.39 is 6.04 Å². The van der Waals surface area contributed by atoms with Crippen molar-refractivity contribution in [3.8, 4) is 0 Å². The second kappa shape index (κ2) is 11.6. The number of carbonyl (C=O) groups is 2. The minimum absolute atomic E-state index is 0.134. The van der Waals surface area contributed by atoms with Crippen LogP contribution in [0.25, 0.3) is 0 Å². The lowest BCUT2D eigenvalue weighted by molar-refractivity contribution is -0.128. The third-order valence-electron chi connectivity index (χ3n) is 4.47. The second-order valence-electron chi connectivity index (χ2n) is 6.90. The van der Waals surface area contributed by atoms with E-state index in [0.717, 1.165) is 24.9 Å². The van der Waals surface area contributed by atoms with Crippen molar-refractivity contribution in [3.05, 3.63) is 29.8 Å². The molecule has 0 saturated carbocycles. The maximum absolute atomic E-state index is 12.7. The molecule has 6 nitrogen and oxygen atoms in total. The largest absolute Gasteiger partial charge is 0.343 e. The zero-order chi connectivity index (χ0) is 19.5. The van der Waals surface area contributed by atoms with E-state index in [2.05, 4.69) is 22.9 Å². The Balaban J connectivity index is 2.79. The molecule has 2 amide bonds. The van der Waals surface area contributed by atoms with Gasteiger partial charge in [-0.3, -0.25) is 9.59 Å². The summed E-state index contributed by atoms with van der Waals surface area (Å²) in [4.78, 5) is 25.2. The molecule has 0 bridgehead atoms. The topological polar surface area (TPSA) is 96.2 Å². The SMILES string of the molecule is CCc1ccc(NC(=O)[C@H](CCCCN)NC(=O)[C@@H](NC)C(C)C)cc1. The van der Waals surface area contributed by atoms with Crippen molar-refractivity contribution in [1.29, 1.82) is 0 Å². The third kappa shape index (κ3) is 7.14. The lowest BCUT2D eigenvalue weighted by Gasteiger charge is -2.24. The molecule has 0 unspecified atom stereocenters. The zero-order valence-electron chi connectivity index (χ0n) is 16.5. The zero-order valence-corrected chi connectivity index (χ0v) is 16.5. The summed E-state index contributed by atoms with van der Waals surface area (Å²) in [5.41, 5.74) is 7.50. The first-order chi connectivity index (χ1) is 12.4. The fourth-order valence-corrected chi connectivity index (χ4v) is 2.84. The minimum atomic E-state index is -0.575. The Bertz CT molecular complexity index is 557. The van der Waals surface area contributed by atoms with Gasteiger partial charge in [-0.2, -0.15) is 0 Å². The smallest absolute Gasteiger partial charge is 0.246 e. The van der Waals surface area contributed by atoms with Crippen molar-refractivity contribution in [2.45, 2.75) is 58.5 Å². The normalized spacial score (nSPS) is 13.3. The van der Waals surface area contributed by atoms with Gasteiger partial charge in [0.2, 0.25) is 11.8 Å². The predicted octanol–water partition coefficient (Wildman–Crippen LogP) is 2.05. The lowest BCUT2D eigenvalue weighted by Crippen LogP contribution is -2.52. The molecule has 0 aliphatic heterocycles. The van der Waals surface area contributed by atoms with Crippen LogP contribution in [-0.2, 0) is 16.0 Å². The molecule has 0 spiro atoms. The van der Waals surface area contributed by atoms with Crippen LogP contribution in [0.2, 0.25) is 0 Å². The summed E-state index contributed by atoms with van der Waals surface area (Å²) >= 11 is 0. The first-order valence-corrected chi connectivity index (χ1v) is 9.50. The number of nitrogens with one attached hydrogen (secondary N) is 3. The average Bonchev–Trinajstić information content (AvgIpc) is 2.61. The molecule has 1 aromatic rings. The van der Waals surface area contributed by atoms with Crippen molar-refractivity contribution in [1.82, 2.24) is 10.6 Å². The molecule has 26 heavy (non-hydrogen) atoms. The number of aryl methyl sites for hydroxylation is 1. The highest BCUT2D eigenvalue weighted by Crippen LogP contribution is 2.12. The number of likely N-dealkylation sites (N-methyl/N-ethyl adjacent to an activating group) is 1. The van der Waals surface area contributed by atoms with E-state index in [0.29, 0.717) is 13.0 Å². The van der Waals surface area contributed by atoms with Gasteiger partial charge in [0.1, 0.15) is 6.04 Å². The standard InChI is InChI=1S/C20H34N4O2/c1-5-15-9-11-16(12-10-15)23-19(25)17(8-6-7-13-21)24-20(26)18(22-4)14(2)3/h9-12,14,17-18,22H,5-8,13,21H2,1-4H3,(H,23,25)(H,24,26)/t17-,18-/m0/s1. The van der Waals surface area contributed by atoms with Gasteiger partial charge in [-0.1, -0.05) is 32.9 Å². The van der Waals surface area contributed by atoms with Gasteiger partial charge in [-0.25, -0.2) is 0 Å². The number of benzene rings is 1. The number of hydrogen-bond acceptors (Lipinski definition) is 4. The average molecular weight is 363 g/mol. The summed E-state index contributed by atoms with van der Waals surface area (Å²) < 4.78 is 0. The maximum Gasteiger partial charge on any atom is 0.246 e. The molecular formula is C20H34N4O2. The molecular weight excluding hydrogens is 328 g/mol. The quantitative estimate of drug-likeness (QED) is 0.453. The molecule has 1 rings (SSSR count). The first-order valence-electron chi connectivity index (χ1n) is 9.50. The minimum Gasteiger partial charge on any atom is -0.343 e. The Morgan fingerprint density at radius 3 is 2.23 bits per heavy atom. The van der Waals surface area contributed by atoms with Crippen LogP contribution in [-0.4, -0.2) is 37.5 Å². The van der Waals surface area contributed by atoms with Crippen LogP contribution in [0.4, 0.5) is 5.69 Å². The molecule has 0 fully saturated rings. The van der Waals surface area contributed by atoms with Crippen LogP contribution in [0, 0.1) is 5.92 Å². The van der Waals surface area contributed by atoms with Crippen LogP contribution in [0.3, 0.4) is 0 Å². The van der Waals surface area contributed by atoms with Gasteiger partial charge < -0.3 is 21.7 Å². The van der Waals surface area contributed by atoms with E-state index in [1.54, 1.807) is 7.05 Å². The summed E-state index contributed by atoms with van der Waals surface area (Å²) in [6.07, 6.45) is 3.13. The van der Waals surface area contributed by atoms with Gasteiger partial charge in [-0.05, 0) is 62.9 Å². The number of amides is 2. The number of nitrogens with two attached hydrogens (primary N) is 1. The van der Waals surface area contributed by atoms with E-state index in [4.69, 9.17) is 5.73 Å². The monoisotopic (exact) mass is 362 g/mol. The number of hydrogen-bond donors (Lipinski definition) is 4. The lowest BCUT2D eigenvalue weighted by atomic mass is 10.0. The summed E-state index contributed by atoms with van der Waals surface area (Å²) in [5, 5.41) is 8.81. The van der Waals surface area contributed by atoms with E-state index in [-0.39, 0.29) is 23.8 Å². The molecule has 0 radical (unpaired) electrons. The van der Waals surface area contributed by atoms with Crippen LogP contribution < -0.4 is 21.7 Å². The molecule has 0 heterocycles. The van der Waals surface area contributed by atoms with Gasteiger partial charge in [0, 0.05) is 5.69 Å². The first kappa shape index (κ1) is 22.1. The van der Waals surface area contributed by atoms with Gasteiger partial charge in [0.25, 0.3) is 0 Å². The molecule has 0 aliphatic rings. The van der Waals surface area contributed by atoms with Crippen molar-refractivity contribution in [3.63, 3.8) is 0 Å². The molecule has 0 aliphatic carbocycles. The predicted molar refractivity (Wildman–Crippen MR) is 107 cm³/mol. The summed E-state index contributed by atoms with van der Waals surface area (Å²) in [5.74, 6) is -0.218. The van der Waals surface area contributed by atoms with Gasteiger partial charge in [0.05, 0.1) is 6.04 Å². The van der Waals surface area contributed by atoms with Gasteiger partial charge >= 0.3 is 0 Å². The number of rotatable bonds is 11. The molecule has 0 aromatic heterocycles. The Kier molecular flexibility index (Phi) is 9.91. The summed E-state index contributed by atoms with van der Waals surface area (Å²) in [7, 11) is 1.75. The van der Waals surface area contributed by atoms with Crippen molar-refractivity contribution < 1.29 is 9.59 Å². The molecule has 1 aromatic carbocycles. The molecule has 0 saturated heterocycles. The van der Waals surface area contributed by atoms with Crippen LogP contribution in [0.1, 0.15) is 45.6 Å². The second-order valence-corrected chi connectivity index (χ2v) is 6.90. The highest BCUT2D eigenvalue weighted by atomic mass is 16.2. The number of carbonyl (C=O) groups excluding carboxylic acids is 2. The van der Waals surface area contributed by atoms with Gasteiger partial charge in [0.15, 0.2) is 0 Å². The maximum atomic E-state index is 12.7. The van der Waals surface area contributed by atoms with Crippen molar-refractivity contribution in [2.24, 2.45) is 11.7 Å². The Labute approximate surface area is 157 Å². The fraction of sp³-hybridized carbons (Fsp3) is 0.600. The third-order valence-corrected chi connectivity index (χ3v) is 4.47. The molecule has 6 heteroatoms. The van der Waals surface area contributed by atoms with E-state index >= 15 is 0 Å². The van der Waals surface area contributed by atoms with Gasteiger partial charge in [-0.15, -0.1) is 0 Å². The number of unbranched alkanes of at least 4 members (excludes halogenated alkanes) is 1. The molecule has 2 atom stereocenters. The van der Waals surface area contributed by atoms with Crippen LogP contribution in [0.15, 0.2) is 24.3 Å². The number of anilines is 1. The Hall–Kier alpha value is -1.92. The highest BCUT2D eigenvalue weighted by Gasteiger charge is 2.26. The molecule has 5 N–H and O–H groups in total. The highest BCUT2D eigenvalue weighted by molar-refractivity contribution is 5.97. The van der Waals surface area contributed by atoms with Crippen molar-refractivity contribution in [2.75, 3.05) is 18.9 Å². The van der Waals surface area contributed by atoms with Crippen LogP contribution in [0.5, 0.6) is 0 Å². The summed E-state index contributed by atoms with van der Waals surface area (Å²) in [6, 6.07) is 6.86.